The standard InChI is InChI=1S/C14H17N3OS2/c1-2-17-13(18)11-9-10(16-5-7-20-8-6-16)3-4-12(11)15-14(17)19/h3-4,9H,2,5-8H2,1H3,(H,15,19). The van der Waals surface area contributed by atoms with Crippen LogP contribution in [0.15, 0.2) is 23.0 Å². The quantitative estimate of drug-likeness (QED) is 0.866. The Bertz CT molecular complexity index is 744. The first-order chi connectivity index (χ1) is 9.70. The van der Waals surface area contributed by atoms with Gasteiger partial charge in [-0.15, -0.1) is 0 Å². The summed E-state index contributed by atoms with van der Waals surface area (Å²) < 4.78 is 2.10. The smallest absolute Gasteiger partial charge is 0.262 e. The Kier molecular flexibility index (Phi) is 3.85. The Hall–Kier alpha value is -1.27. The molecule has 1 aliphatic heterocycles. The van der Waals surface area contributed by atoms with Crippen LogP contribution in [0.25, 0.3) is 10.9 Å². The summed E-state index contributed by atoms with van der Waals surface area (Å²) >= 11 is 7.20. The number of aromatic nitrogens is 2. The van der Waals surface area contributed by atoms with Crippen molar-refractivity contribution < 1.29 is 0 Å². The van der Waals surface area contributed by atoms with Gasteiger partial charge in [-0.3, -0.25) is 9.36 Å². The summed E-state index contributed by atoms with van der Waals surface area (Å²) in [5.41, 5.74) is 1.95. The number of benzene rings is 1. The second-order valence-corrected chi connectivity index (χ2v) is 6.42. The summed E-state index contributed by atoms with van der Waals surface area (Å²) in [6, 6.07) is 6.02. The summed E-state index contributed by atoms with van der Waals surface area (Å²) in [5, 5.41) is 0.719. The van der Waals surface area contributed by atoms with E-state index in [-0.39, 0.29) is 5.56 Å². The molecule has 1 N–H and O–H groups in total. The van der Waals surface area contributed by atoms with Gasteiger partial charge in [0.05, 0.1) is 10.9 Å². The van der Waals surface area contributed by atoms with Crippen molar-refractivity contribution in [2.75, 3.05) is 29.5 Å². The molecular weight excluding hydrogens is 290 g/mol. The van der Waals surface area contributed by atoms with E-state index in [1.165, 1.54) is 0 Å². The number of H-pyrrole nitrogens is 1. The molecular formula is C14H17N3OS2. The molecule has 20 heavy (non-hydrogen) atoms. The van der Waals surface area contributed by atoms with Crippen molar-refractivity contribution in [2.45, 2.75) is 13.5 Å². The lowest BCUT2D eigenvalue weighted by molar-refractivity contribution is 0.704. The first kappa shape index (κ1) is 13.7. The minimum absolute atomic E-state index is 0.000477. The number of thioether (sulfide) groups is 1. The predicted molar refractivity (Wildman–Crippen MR) is 88.6 cm³/mol. The van der Waals surface area contributed by atoms with E-state index in [0.29, 0.717) is 11.3 Å². The molecule has 4 nitrogen and oxygen atoms in total. The van der Waals surface area contributed by atoms with E-state index in [9.17, 15) is 4.79 Å². The van der Waals surface area contributed by atoms with Crippen molar-refractivity contribution in [3.8, 4) is 0 Å². The van der Waals surface area contributed by atoms with Crippen molar-refractivity contribution in [1.82, 2.24) is 9.55 Å². The molecule has 0 saturated carbocycles. The number of nitrogens with one attached hydrogen (secondary N) is 1. The maximum atomic E-state index is 12.5. The van der Waals surface area contributed by atoms with Gasteiger partial charge in [0, 0.05) is 36.8 Å². The Morgan fingerprint density at radius 2 is 2.10 bits per heavy atom. The van der Waals surface area contributed by atoms with E-state index < -0.39 is 0 Å². The molecule has 0 bridgehead atoms. The summed E-state index contributed by atoms with van der Waals surface area (Å²) in [6.07, 6.45) is 0. The summed E-state index contributed by atoms with van der Waals surface area (Å²) in [7, 11) is 0. The second-order valence-electron chi connectivity index (χ2n) is 4.81. The van der Waals surface area contributed by atoms with Crippen LogP contribution in [0, 0.1) is 4.77 Å². The lowest BCUT2D eigenvalue weighted by atomic mass is 10.2. The number of fused-ring (bicyclic) bond motifs is 1. The molecule has 0 spiro atoms. The summed E-state index contributed by atoms with van der Waals surface area (Å²) in [5.74, 6) is 2.29. The molecule has 2 heterocycles. The number of anilines is 1. The van der Waals surface area contributed by atoms with E-state index in [1.807, 2.05) is 30.8 Å². The molecule has 1 fully saturated rings. The number of aromatic amines is 1. The number of hydrogen-bond donors (Lipinski definition) is 1. The molecule has 0 unspecified atom stereocenters. The van der Waals surface area contributed by atoms with Crippen molar-refractivity contribution >= 4 is 40.6 Å². The minimum Gasteiger partial charge on any atom is -0.370 e. The zero-order valence-corrected chi connectivity index (χ0v) is 13.0. The maximum Gasteiger partial charge on any atom is 0.262 e. The minimum atomic E-state index is -0.000477. The van der Waals surface area contributed by atoms with Crippen LogP contribution in [0.3, 0.4) is 0 Å². The van der Waals surface area contributed by atoms with Gasteiger partial charge in [-0.05, 0) is 37.3 Å². The average molecular weight is 307 g/mol. The van der Waals surface area contributed by atoms with Crippen molar-refractivity contribution in [1.29, 1.82) is 0 Å². The Morgan fingerprint density at radius 1 is 1.35 bits per heavy atom. The van der Waals surface area contributed by atoms with Gasteiger partial charge in [0.2, 0.25) is 0 Å². The van der Waals surface area contributed by atoms with Crippen LogP contribution >= 0.6 is 24.0 Å². The highest BCUT2D eigenvalue weighted by atomic mass is 32.2. The molecule has 106 valence electrons. The largest absolute Gasteiger partial charge is 0.370 e. The van der Waals surface area contributed by atoms with Crippen LogP contribution < -0.4 is 10.5 Å². The van der Waals surface area contributed by atoms with Crippen LogP contribution in [0.2, 0.25) is 0 Å². The molecule has 0 amide bonds. The fraction of sp³-hybridized carbons (Fsp3) is 0.429. The topological polar surface area (TPSA) is 41.0 Å². The molecule has 6 heteroatoms. The van der Waals surface area contributed by atoms with Crippen LogP contribution in [0.5, 0.6) is 0 Å². The first-order valence-corrected chi connectivity index (χ1v) is 8.36. The third kappa shape index (κ3) is 2.38. The number of nitrogens with zero attached hydrogens (tertiary/aromatic N) is 2. The molecule has 0 aliphatic carbocycles. The molecule has 1 aromatic carbocycles. The summed E-state index contributed by atoms with van der Waals surface area (Å²) in [4.78, 5) is 17.9. The van der Waals surface area contributed by atoms with Crippen LogP contribution in [-0.2, 0) is 6.54 Å². The molecule has 2 aromatic rings. The lowest BCUT2D eigenvalue weighted by Gasteiger charge is -2.28. The highest BCUT2D eigenvalue weighted by molar-refractivity contribution is 7.99. The van der Waals surface area contributed by atoms with Gasteiger partial charge in [-0.25, -0.2) is 0 Å². The van der Waals surface area contributed by atoms with Gasteiger partial charge in [0.25, 0.3) is 5.56 Å². The van der Waals surface area contributed by atoms with Gasteiger partial charge in [0.15, 0.2) is 4.77 Å². The monoisotopic (exact) mass is 307 g/mol. The van der Waals surface area contributed by atoms with Gasteiger partial charge < -0.3 is 9.88 Å². The zero-order chi connectivity index (χ0) is 14.1. The maximum absolute atomic E-state index is 12.5. The fourth-order valence-corrected chi connectivity index (χ4v) is 3.77. The van der Waals surface area contributed by atoms with Crippen LogP contribution in [-0.4, -0.2) is 34.1 Å². The third-order valence-corrected chi connectivity index (χ3v) is 4.92. The Morgan fingerprint density at radius 3 is 2.80 bits per heavy atom. The molecule has 1 aromatic heterocycles. The van der Waals surface area contributed by atoms with E-state index in [2.05, 4.69) is 16.0 Å². The Balaban J connectivity index is 2.14. The number of rotatable bonds is 2. The van der Waals surface area contributed by atoms with Gasteiger partial charge in [-0.1, -0.05) is 0 Å². The Labute approximate surface area is 126 Å². The average Bonchev–Trinajstić information content (AvgIpc) is 2.48. The van der Waals surface area contributed by atoms with Crippen LogP contribution in [0.1, 0.15) is 6.92 Å². The van der Waals surface area contributed by atoms with E-state index in [4.69, 9.17) is 12.2 Å². The summed E-state index contributed by atoms with van der Waals surface area (Å²) in [6.45, 7) is 4.61. The fourth-order valence-electron chi connectivity index (χ4n) is 2.54. The number of hydrogen-bond acceptors (Lipinski definition) is 4. The molecule has 1 saturated heterocycles. The van der Waals surface area contributed by atoms with Crippen LogP contribution in [0.4, 0.5) is 5.69 Å². The van der Waals surface area contributed by atoms with Crippen molar-refractivity contribution in [2.24, 2.45) is 0 Å². The SMILES string of the molecule is CCn1c(=S)[nH]c2ccc(N3CCSCC3)cc2c1=O. The van der Waals surface area contributed by atoms with E-state index in [1.54, 1.807) is 4.57 Å². The second kappa shape index (κ2) is 5.61. The highest BCUT2D eigenvalue weighted by Gasteiger charge is 2.13. The third-order valence-electron chi connectivity index (χ3n) is 3.66. The lowest BCUT2D eigenvalue weighted by Crippen LogP contribution is -2.32. The normalized spacial score (nSPS) is 15.8. The molecule has 3 rings (SSSR count). The van der Waals surface area contributed by atoms with Crippen molar-refractivity contribution in [3.05, 3.63) is 33.3 Å². The zero-order valence-electron chi connectivity index (χ0n) is 11.4. The van der Waals surface area contributed by atoms with Crippen molar-refractivity contribution in [3.63, 3.8) is 0 Å². The van der Waals surface area contributed by atoms with E-state index >= 15 is 0 Å². The molecule has 0 atom stereocenters. The van der Waals surface area contributed by atoms with E-state index in [0.717, 1.165) is 41.2 Å². The highest BCUT2D eigenvalue weighted by Crippen LogP contribution is 2.22. The first-order valence-electron chi connectivity index (χ1n) is 6.80. The van der Waals surface area contributed by atoms with Gasteiger partial charge in [-0.2, -0.15) is 11.8 Å². The molecule has 1 aliphatic rings. The van der Waals surface area contributed by atoms with Gasteiger partial charge in [0.1, 0.15) is 0 Å². The molecule has 0 radical (unpaired) electrons. The van der Waals surface area contributed by atoms with Gasteiger partial charge >= 0.3 is 0 Å². The predicted octanol–water partition coefficient (Wildman–Crippen LogP) is 2.63.